The van der Waals surface area contributed by atoms with Crippen LogP contribution in [0.4, 0.5) is 0 Å². The minimum atomic E-state index is -3.07. The lowest BCUT2D eigenvalue weighted by atomic mass is 10.3. The van der Waals surface area contributed by atoms with E-state index in [0.29, 0.717) is 13.0 Å². The Morgan fingerprint density at radius 3 is 2.71 bits per heavy atom. The molecular formula is C9H15NO2S2. The van der Waals surface area contributed by atoms with Crippen LogP contribution in [0.1, 0.15) is 23.8 Å². The van der Waals surface area contributed by atoms with Gasteiger partial charge in [-0.25, -0.2) is 13.1 Å². The molecule has 5 heteroatoms. The van der Waals surface area contributed by atoms with Gasteiger partial charge >= 0.3 is 0 Å². The number of hydrogen-bond acceptors (Lipinski definition) is 3. The van der Waals surface area contributed by atoms with Crippen LogP contribution in [0.3, 0.4) is 0 Å². The zero-order chi connectivity index (χ0) is 10.6. The molecule has 0 aliphatic rings. The maximum Gasteiger partial charge on any atom is 0.211 e. The third-order valence-corrected chi connectivity index (χ3v) is 4.45. The fourth-order valence-corrected chi connectivity index (χ4v) is 3.08. The topological polar surface area (TPSA) is 46.2 Å². The standard InChI is InChI=1S/C9H15NO2S2/c1-3-6-14(11,12)10-7-9-8(2)4-5-13-9/h4-5,10H,3,6-7H2,1-2H3. The summed E-state index contributed by atoms with van der Waals surface area (Å²) in [6.07, 6.45) is 0.652. The van der Waals surface area contributed by atoms with Crippen LogP contribution < -0.4 is 4.72 Å². The van der Waals surface area contributed by atoms with Crippen LogP contribution in [-0.2, 0) is 16.6 Å². The Kier molecular flexibility index (Phi) is 4.10. The number of aryl methyl sites for hydroxylation is 1. The van der Waals surface area contributed by atoms with Crippen molar-refractivity contribution in [1.82, 2.24) is 4.72 Å². The van der Waals surface area contributed by atoms with E-state index < -0.39 is 10.0 Å². The molecule has 14 heavy (non-hydrogen) atoms. The summed E-state index contributed by atoms with van der Waals surface area (Å²) in [7, 11) is -3.07. The fraction of sp³-hybridized carbons (Fsp3) is 0.556. The Bertz CT molecular complexity index is 381. The highest BCUT2D eigenvalue weighted by atomic mass is 32.2. The molecule has 0 fully saturated rings. The molecule has 3 nitrogen and oxygen atoms in total. The molecule has 1 aromatic heterocycles. The van der Waals surface area contributed by atoms with Crippen molar-refractivity contribution in [2.45, 2.75) is 26.8 Å². The molecule has 1 rings (SSSR count). The normalized spacial score (nSPS) is 11.9. The van der Waals surface area contributed by atoms with Crippen molar-refractivity contribution in [3.8, 4) is 0 Å². The lowest BCUT2D eigenvalue weighted by Crippen LogP contribution is -2.25. The molecule has 0 saturated carbocycles. The molecule has 0 aliphatic heterocycles. The van der Waals surface area contributed by atoms with Crippen molar-refractivity contribution in [2.24, 2.45) is 0 Å². The molecular weight excluding hydrogens is 218 g/mol. The van der Waals surface area contributed by atoms with Crippen molar-refractivity contribution >= 4 is 21.4 Å². The zero-order valence-electron chi connectivity index (χ0n) is 8.41. The lowest BCUT2D eigenvalue weighted by Gasteiger charge is -2.04. The van der Waals surface area contributed by atoms with Gasteiger partial charge in [0.25, 0.3) is 0 Å². The molecule has 0 aliphatic carbocycles. The second-order valence-corrected chi connectivity index (χ2v) is 6.09. The highest BCUT2D eigenvalue weighted by Crippen LogP contribution is 2.15. The Morgan fingerprint density at radius 2 is 2.21 bits per heavy atom. The van der Waals surface area contributed by atoms with E-state index in [-0.39, 0.29) is 5.75 Å². The molecule has 0 spiro atoms. The second-order valence-electron chi connectivity index (χ2n) is 3.17. The van der Waals surface area contributed by atoms with Crippen molar-refractivity contribution < 1.29 is 8.42 Å². The predicted molar refractivity (Wildman–Crippen MR) is 60.0 cm³/mol. The van der Waals surface area contributed by atoms with Gasteiger partial charge in [0, 0.05) is 11.4 Å². The average Bonchev–Trinajstić information content (AvgIpc) is 2.48. The third-order valence-electron chi connectivity index (χ3n) is 1.89. The highest BCUT2D eigenvalue weighted by molar-refractivity contribution is 7.89. The number of hydrogen-bond donors (Lipinski definition) is 1. The summed E-state index contributed by atoms with van der Waals surface area (Å²) >= 11 is 1.58. The maximum atomic E-state index is 11.3. The monoisotopic (exact) mass is 233 g/mol. The number of rotatable bonds is 5. The molecule has 0 radical (unpaired) electrons. The van der Waals surface area contributed by atoms with Gasteiger partial charge in [0.1, 0.15) is 0 Å². The molecule has 0 atom stereocenters. The van der Waals surface area contributed by atoms with Crippen LogP contribution in [0, 0.1) is 6.92 Å². The SMILES string of the molecule is CCCS(=O)(=O)NCc1sccc1C. The largest absolute Gasteiger partial charge is 0.212 e. The van der Waals surface area contributed by atoms with E-state index in [2.05, 4.69) is 4.72 Å². The first-order valence-corrected chi connectivity index (χ1v) is 7.08. The second kappa shape index (κ2) is 4.91. The van der Waals surface area contributed by atoms with Gasteiger partial charge < -0.3 is 0 Å². The van der Waals surface area contributed by atoms with E-state index in [1.54, 1.807) is 11.3 Å². The van der Waals surface area contributed by atoms with Gasteiger partial charge in [0.2, 0.25) is 10.0 Å². The van der Waals surface area contributed by atoms with E-state index in [0.717, 1.165) is 10.4 Å². The van der Waals surface area contributed by atoms with E-state index in [1.165, 1.54) is 0 Å². The summed E-state index contributed by atoms with van der Waals surface area (Å²) in [4.78, 5) is 1.09. The van der Waals surface area contributed by atoms with Gasteiger partial charge in [0.15, 0.2) is 0 Å². The Morgan fingerprint density at radius 1 is 1.50 bits per heavy atom. The van der Waals surface area contributed by atoms with Gasteiger partial charge in [-0.2, -0.15) is 0 Å². The van der Waals surface area contributed by atoms with Gasteiger partial charge in [-0.1, -0.05) is 6.92 Å². The molecule has 0 amide bonds. The molecule has 0 aromatic carbocycles. The van der Waals surface area contributed by atoms with Crippen molar-refractivity contribution in [3.63, 3.8) is 0 Å². The van der Waals surface area contributed by atoms with E-state index in [1.807, 2.05) is 25.3 Å². The van der Waals surface area contributed by atoms with Crippen LogP contribution in [0.15, 0.2) is 11.4 Å². The molecule has 0 bridgehead atoms. The van der Waals surface area contributed by atoms with Crippen molar-refractivity contribution in [1.29, 1.82) is 0 Å². The Labute approximate surface area is 89.2 Å². The number of sulfonamides is 1. The van der Waals surface area contributed by atoms with Crippen LogP contribution in [-0.4, -0.2) is 14.2 Å². The predicted octanol–water partition coefficient (Wildman–Crippen LogP) is 1.89. The summed E-state index contributed by atoms with van der Waals surface area (Å²) in [5.74, 6) is 0.206. The maximum absolute atomic E-state index is 11.3. The molecule has 80 valence electrons. The molecule has 0 unspecified atom stereocenters. The first-order chi connectivity index (χ1) is 6.55. The highest BCUT2D eigenvalue weighted by Gasteiger charge is 2.09. The van der Waals surface area contributed by atoms with Crippen LogP contribution >= 0.6 is 11.3 Å². The van der Waals surface area contributed by atoms with Gasteiger partial charge in [0.05, 0.1) is 5.75 Å². The summed E-state index contributed by atoms with van der Waals surface area (Å²) in [5.41, 5.74) is 1.15. The summed E-state index contributed by atoms with van der Waals surface area (Å²) in [5, 5.41) is 1.97. The quantitative estimate of drug-likeness (QED) is 0.844. The third kappa shape index (κ3) is 3.40. The molecule has 1 N–H and O–H groups in total. The van der Waals surface area contributed by atoms with E-state index in [4.69, 9.17) is 0 Å². The van der Waals surface area contributed by atoms with Crippen LogP contribution in [0.2, 0.25) is 0 Å². The minimum absolute atomic E-state index is 0.206. The summed E-state index contributed by atoms with van der Waals surface area (Å²) in [6, 6.07) is 1.99. The molecule has 1 heterocycles. The van der Waals surface area contributed by atoms with Crippen molar-refractivity contribution in [3.05, 3.63) is 21.9 Å². The van der Waals surface area contributed by atoms with Gasteiger partial charge in [-0.15, -0.1) is 11.3 Å². The van der Waals surface area contributed by atoms with E-state index >= 15 is 0 Å². The zero-order valence-corrected chi connectivity index (χ0v) is 10.0. The van der Waals surface area contributed by atoms with E-state index in [9.17, 15) is 8.42 Å². The fourth-order valence-electron chi connectivity index (χ4n) is 1.10. The lowest BCUT2D eigenvalue weighted by molar-refractivity contribution is 0.580. The summed E-state index contributed by atoms with van der Waals surface area (Å²) in [6.45, 7) is 4.27. The van der Waals surface area contributed by atoms with Gasteiger partial charge in [-0.05, 0) is 30.4 Å². The minimum Gasteiger partial charge on any atom is -0.212 e. The first-order valence-electron chi connectivity index (χ1n) is 4.55. The summed E-state index contributed by atoms with van der Waals surface area (Å²) < 4.78 is 25.2. The Hall–Kier alpha value is -0.390. The molecule has 0 saturated heterocycles. The smallest absolute Gasteiger partial charge is 0.211 e. The number of thiophene rings is 1. The molecule has 1 aromatic rings. The Balaban J connectivity index is 2.53. The van der Waals surface area contributed by atoms with Crippen molar-refractivity contribution in [2.75, 3.05) is 5.75 Å². The van der Waals surface area contributed by atoms with Gasteiger partial charge in [-0.3, -0.25) is 0 Å². The van der Waals surface area contributed by atoms with Crippen LogP contribution in [0.5, 0.6) is 0 Å². The first kappa shape index (κ1) is 11.7. The average molecular weight is 233 g/mol. The van der Waals surface area contributed by atoms with Crippen LogP contribution in [0.25, 0.3) is 0 Å². The number of nitrogens with one attached hydrogen (secondary N) is 1.